The molecule has 2 heterocycles. The summed E-state index contributed by atoms with van der Waals surface area (Å²) in [6.45, 7) is 3.27. The quantitative estimate of drug-likeness (QED) is 0.911. The summed E-state index contributed by atoms with van der Waals surface area (Å²) < 4.78 is 1.11. The Balaban J connectivity index is 1.91. The van der Waals surface area contributed by atoms with E-state index in [-0.39, 0.29) is 5.75 Å². The molecule has 0 saturated carbocycles. The molecule has 0 fully saturated rings. The van der Waals surface area contributed by atoms with E-state index in [4.69, 9.17) is 0 Å². The highest BCUT2D eigenvalue weighted by Gasteiger charge is 2.03. The topological polar surface area (TPSA) is 45.1 Å². The van der Waals surface area contributed by atoms with Crippen LogP contribution in [0.25, 0.3) is 0 Å². The number of aryl methyl sites for hydroxylation is 1. The number of thiophene rings is 1. The van der Waals surface area contributed by atoms with Crippen molar-refractivity contribution >= 4 is 27.3 Å². The Bertz CT molecular complexity index is 513. The van der Waals surface area contributed by atoms with Gasteiger partial charge in [-0.3, -0.25) is 4.98 Å². The van der Waals surface area contributed by atoms with Crippen molar-refractivity contribution in [1.82, 2.24) is 10.3 Å². The smallest absolute Gasteiger partial charge is 0.138 e. The lowest BCUT2D eigenvalue weighted by molar-refractivity contribution is 0.459. The first-order valence-electron chi connectivity index (χ1n) is 5.24. The number of nitrogens with one attached hydrogen (secondary N) is 1. The molecular formula is C12H13BrN2OS. The monoisotopic (exact) mass is 312 g/mol. The Hall–Kier alpha value is -0.910. The maximum Gasteiger partial charge on any atom is 0.138 e. The van der Waals surface area contributed by atoms with Crippen molar-refractivity contribution in [2.75, 3.05) is 0 Å². The van der Waals surface area contributed by atoms with Crippen LogP contribution in [0.3, 0.4) is 0 Å². The standard InChI is InChI=1S/C12H13BrN2OS/c1-8-2-3-12(16)11(15-8)6-14-5-10-4-9(13)7-17-10/h2-4,7,14,16H,5-6H2,1H3. The molecule has 0 aliphatic carbocycles. The van der Waals surface area contributed by atoms with Crippen LogP contribution in [0.4, 0.5) is 0 Å². The highest BCUT2D eigenvalue weighted by atomic mass is 79.9. The van der Waals surface area contributed by atoms with E-state index in [0.717, 1.165) is 16.7 Å². The number of nitrogens with zero attached hydrogens (tertiary/aromatic N) is 1. The lowest BCUT2D eigenvalue weighted by atomic mass is 10.3. The van der Waals surface area contributed by atoms with Gasteiger partial charge in [0.15, 0.2) is 0 Å². The number of aromatic hydroxyl groups is 1. The second kappa shape index (κ2) is 5.62. The third-order valence-corrected chi connectivity index (χ3v) is 4.00. The zero-order valence-corrected chi connectivity index (χ0v) is 11.8. The van der Waals surface area contributed by atoms with Gasteiger partial charge in [0.1, 0.15) is 5.75 Å². The Kier molecular flexibility index (Phi) is 4.15. The minimum atomic E-state index is 0.246. The van der Waals surface area contributed by atoms with Crippen molar-refractivity contribution < 1.29 is 5.11 Å². The average Bonchev–Trinajstić information content (AvgIpc) is 2.69. The number of rotatable bonds is 4. The van der Waals surface area contributed by atoms with Crippen molar-refractivity contribution in [1.29, 1.82) is 0 Å². The predicted molar refractivity (Wildman–Crippen MR) is 73.2 cm³/mol. The summed E-state index contributed by atoms with van der Waals surface area (Å²) in [5.74, 6) is 0.246. The van der Waals surface area contributed by atoms with E-state index in [0.29, 0.717) is 12.2 Å². The van der Waals surface area contributed by atoms with Gasteiger partial charge in [-0.2, -0.15) is 0 Å². The maximum absolute atomic E-state index is 9.63. The fourth-order valence-electron chi connectivity index (χ4n) is 1.48. The van der Waals surface area contributed by atoms with Gasteiger partial charge in [0, 0.05) is 33.5 Å². The van der Waals surface area contributed by atoms with Crippen molar-refractivity contribution in [3.8, 4) is 5.75 Å². The molecular weight excluding hydrogens is 300 g/mol. The summed E-state index contributed by atoms with van der Waals surface area (Å²) in [5, 5.41) is 15.0. The van der Waals surface area contributed by atoms with Gasteiger partial charge in [0.05, 0.1) is 5.69 Å². The van der Waals surface area contributed by atoms with Gasteiger partial charge in [0.2, 0.25) is 0 Å². The van der Waals surface area contributed by atoms with E-state index in [1.807, 2.05) is 6.92 Å². The van der Waals surface area contributed by atoms with Crippen LogP contribution < -0.4 is 5.32 Å². The van der Waals surface area contributed by atoms with Gasteiger partial charge in [-0.1, -0.05) is 0 Å². The second-order valence-electron chi connectivity index (χ2n) is 3.75. The molecule has 0 aliphatic heterocycles. The highest BCUT2D eigenvalue weighted by molar-refractivity contribution is 9.10. The molecule has 90 valence electrons. The Labute approximate surface area is 113 Å². The molecule has 0 amide bonds. The molecule has 17 heavy (non-hydrogen) atoms. The lowest BCUT2D eigenvalue weighted by Gasteiger charge is -2.05. The van der Waals surface area contributed by atoms with Crippen LogP contribution in [0, 0.1) is 6.92 Å². The van der Waals surface area contributed by atoms with E-state index >= 15 is 0 Å². The molecule has 5 heteroatoms. The summed E-state index contributed by atoms with van der Waals surface area (Å²) in [5.41, 5.74) is 1.61. The van der Waals surface area contributed by atoms with E-state index in [1.165, 1.54) is 4.88 Å². The first-order chi connectivity index (χ1) is 8.15. The van der Waals surface area contributed by atoms with E-state index < -0.39 is 0 Å². The van der Waals surface area contributed by atoms with Gasteiger partial charge in [-0.25, -0.2) is 0 Å². The van der Waals surface area contributed by atoms with Crippen molar-refractivity contribution in [2.45, 2.75) is 20.0 Å². The van der Waals surface area contributed by atoms with Crippen LogP contribution >= 0.6 is 27.3 Å². The zero-order chi connectivity index (χ0) is 12.3. The van der Waals surface area contributed by atoms with Crippen LogP contribution in [-0.4, -0.2) is 10.1 Å². The minimum Gasteiger partial charge on any atom is -0.506 e. The molecule has 0 unspecified atom stereocenters. The molecule has 0 saturated heterocycles. The molecule has 0 spiro atoms. The third-order valence-electron chi connectivity index (χ3n) is 2.30. The SMILES string of the molecule is Cc1ccc(O)c(CNCc2cc(Br)cs2)n1. The number of aromatic nitrogens is 1. The van der Waals surface area contributed by atoms with E-state index in [2.05, 4.69) is 37.7 Å². The van der Waals surface area contributed by atoms with Crippen molar-refractivity contribution in [3.05, 3.63) is 44.3 Å². The van der Waals surface area contributed by atoms with Gasteiger partial charge in [-0.05, 0) is 41.1 Å². The average molecular weight is 313 g/mol. The van der Waals surface area contributed by atoms with Crippen molar-refractivity contribution in [2.24, 2.45) is 0 Å². The van der Waals surface area contributed by atoms with Gasteiger partial charge < -0.3 is 10.4 Å². The molecule has 0 aromatic carbocycles. The van der Waals surface area contributed by atoms with Gasteiger partial charge in [-0.15, -0.1) is 11.3 Å². The minimum absolute atomic E-state index is 0.246. The van der Waals surface area contributed by atoms with Crippen LogP contribution in [0.2, 0.25) is 0 Å². The summed E-state index contributed by atoms with van der Waals surface area (Å²) in [6.07, 6.45) is 0. The third kappa shape index (κ3) is 3.52. The lowest BCUT2D eigenvalue weighted by Crippen LogP contribution is -2.13. The van der Waals surface area contributed by atoms with Gasteiger partial charge >= 0.3 is 0 Å². The molecule has 3 nitrogen and oxygen atoms in total. The maximum atomic E-state index is 9.63. The second-order valence-corrected chi connectivity index (χ2v) is 5.66. The highest BCUT2D eigenvalue weighted by Crippen LogP contribution is 2.20. The zero-order valence-electron chi connectivity index (χ0n) is 9.40. The van der Waals surface area contributed by atoms with E-state index in [1.54, 1.807) is 23.5 Å². The molecule has 0 aliphatic rings. The molecule has 0 bridgehead atoms. The number of hydrogen-bond donors (Lipinski definition) is 2. The predicted octanol–water partition coefficient (Wildman–Crippen LogP) is 3.21. The molecule has 2 aromatic rings. The molecule has 0 radical (unpaired) electrons. The summed E-state index contributed by atoms with van der Waals surface area (Å²) in [6, 6.07) is 5.57. The van der Waals surface area contributed by atoms with Crippen LogP contribution in [0.5, 0.6) is 5.75 Å². The summed E-state index contributed by atoms with van der Waals surface area (Å²) >= 11 is 5.12. The van der Waals surface area contributed by atoms with Crippen LogP contribution in [0.1, 0.15) is 16.3 Å². The van der Waals surface area contributed by atoms with Gasteiger partial charge in [0.25, 0.3) is 0 Å². The number of halogens is 1. The van der Waals surface area contributed by atoms with Crippen LogP contribution in [-0.2, 0) is 13.1 Å². The summed E-state index contributed by atoms with van der Waals surface area (Å²) in [4.78, 5) is 5.54. The van der Waals surface area contributed by atoms with Crippen molar-refractivity contribution in [3.63, 3.8) is 0 Å². The van der Waals surface area contributed by atoms with E-state index in [9.17, 15) is 5.11 Å². The number of hydrogen-bond acceptors (Lipinski definition) is 4. The largest absolute Gasteiger partial charge is 0.506 e. The first kappa shape index (κ1) is 12.5. The first-order valence-corrected chi connectivity index (χ1v) is 6.91. The molecule has 2 aromatic heterocycles. The molecule has 0 atom stereocenters. The normalized spacial score (nSPS) is 10.7. The Morgan fingerprint density at radius 2 is 2.24 bits per heavy atom. The molecule has 2 N–H and O–H groups in total. The Morgan fingerprint density at radius 3 is 2.94 bits per heavy atom. The Morgan fingerprint density at radius 1 is 1.41 bits per heavy atom. The number of pyridine rings is 1. The fraction of sp³-hybridized carbons (Fsp3) is 0.250. The summed E-state index contributed by atoms with van der Waals surface area (Å²) in [7, 11) is 0. The van der Waals surface area contributed by atoms with Crippen LogP contribution in [0.15, 0.2) is 28.1 Å². The molecule has 2 rings (SSSR count). The fourth-order valence-corrected chi connectivity index (χ4v) is 2.90.